The monoisotopic (exact) mass is 246 g/mol. The van der Waals surface area contributed by atoms with Crippen molar-refractivity contribution in [1.29, 1.82) is 0 Å². The molecule has 3 N–H and O–H groups in total. The van der Waals surface area contributed by atoms with Crippen molar-refractivity contribution in [2.24, 2.45) is 17.6 Å². The van der Waals surface area contributed by atoms with Crippen LogP contribution in [0.3, 0.4) is 0 Å². The van der Waals surface area contributed by atoms with Crippen LogP contribution in [0.1, 0.15) is 24.8 Å². The zero-order valence-corrected chi connectivity index (χ0v) is 10.8. The molecule has 1 aliphatic carbocycles. The first-order valence-corrected chi connectivity index (χ1v) is 6.98. The molecule has 0 radical (unpaired) electrons. The van der Waals surface area contributed by atoms with Gasteiger partial charge in [0.25, 0.3) is 0 Å². The summed E-state index contributed by atoms with van der Waals surface area (Å²) in [5, 5.41) is 9.29. The Morgan fingerprint density at radius 1 is 1.17 bits per heavy atom. The molecule has 0 bridgehead atoms. The number of hydrogen-bond donors (Lipinski definition) is 2. The van der Waals surface area contributed by atoms with Gasteiger partial charge in [-0.2, -0.15) is 0 Å². The lowest BCUT2D eigenvalue weighted by atomic mass is 9.78. The van der Waals surface area contributed by atoms with Crippen LogP contribution in [0, 0.1) is 11.8 Å². The molecule has 1 saturated carbocycles. The molecule has 2 fully saturated rings. The van der Waals surface area contributed by atoms with Crippen LogP contribution < -0.4 is 5.73 Å². The molecule has 3 atom stereocenters. The highest BCUT2D eigenvalue weighted by molar-refractivity contribution is 5.25. The molecule has 0 aromatic heterocycles. The molecular weight excluding hydrogens is 224 g/mol. The average Bonchev–Trinajstić information content (AvgIpc) is 2.76. The largest absolute Gasteiger partial charge is 0.508 e. The quantitative estimate of drug-likeness (QED) is 0.838. The fourth-order valence-corrected chi connectivity index (χ4v) is 3.60. The number of phenols is 1. The molecule has 98 valence electrons. The Kier molecular flexibility index (Phi) is 3.27. The summed E-state index contributed by atoms with van der Waals surface area (Å²) in [6.45, 7) is 3.33. The van der Waals surface area contributed by atoms with Crippen molar-refractivity contribution in [3.63, 3.8) is 0 Å². The van der Waals surface area contributed by atoms with Crippen LogP contribution in [0.25, 0.3) is 0 Å². The maximum Gasteiger partial charge on any atom is 0.115 e. The van der Waals surface area contributed by atoms with Crippen molar-refractivity contribution in [2.45, 2.75) is 31.8 Å². The Morgan fingerprint density at radius 3 is 2.67 bits per heavy atom. The summed E-state index contributed by atoms with van der Waals surface area (Å²) in [5.74, 6) is 1.86. The van der Waals surface area contributed by atoms with E-state index in [0.717, 1.165) is 19.0 Å². The molecule has 3 heteroatoms. The van der Waals surface area contributed by atoms with Gasteiger partial charge in [0.15, 0.2) is 0 Å². The minimum Gasteiger partial charge on any atom is -0.508 e. The third-order valence-electron chi connectivity index (χ3n) is 4.57. The first kappa shape index (κ1) is 12.0. The predicted octanol–water partition coefficient (Wildman–Crippen LogP) is 1.95. The van der Waals surface area contributed by atoms with Crippen LogP contribution in [-0.2, 0) is 6.54 Å². The summed E-state index contributed by atoms with van der Waals surface area (Å²) in [4.78, 5) is 2.52. The molecule has 3 nitrogen and oxygen atoms in total. The van der Waals surface area contributed by atoms with E-state index in [1.807, 2.05) is 12.1 Å². The molecular formula is C15H22N2O. The number of fused-ring (bicyclic) bond motifs is 1. The van der Waals surface area contributed by atoms with E-state index in [4.69, 9.17) is 5.73 Å². The van der Waals surface area contributed by atoms with Crippen molar-refractivity contribution in [2.75, 3.05) is 13.1 Å². The van der Waals surface area contributed by atoms with Gasteiger partial charge in [0.1, 0.15) is 5.75 Å². The molecule has 1 aromatic rings. The van der Waals surface area contributed by atoms with Crippen molar-refractivity contribution < 1.29 is 5.11 Å². The van der Waals surface area contributed by atoms with Gasteiger partial charge in [-0.3, -0.25) is 4.90 Å². The molecule has 1 saturated heterocycles. The van der Waals surface area contributed by atoms with Gasteiger partial charge >= 0.3 is 0 Å². The highest BCUT2D eigenvalue weighted by Crippen LogP contribution is 2.36. The lowest BCUT2D eigenvalue weighted by Gasteiger charge is -2.29. The Balaban J connectivity index is 1.63. The number of benzene rings is 1. The van der Waals surface area contributed by atoms with E-state index in [9.17, 15) is 5.11 Å². The summed E-state index contributed by atoms with van der Waals surface area (Å²) in [6.07, 6.45) is 3.86. The summed E-state index contributed by atoms with van der Waals surface area (Å²) < 4.78 is 0. The highest BCUT2D eigenvalue weighted by atomic mass is 16.3. The van der Waals surface area contributed by atoms with Gasteiger partial charge in [-0.1, -0.05) is 18.6 Å². The zero-order chi connectivity index (χ0) is 12.5. The first-order valence-electron chi connectivity index (χ1n) is 6.98. The Labute approximate surface area is 109 Å². The number of nitrogens with two attached hydrogens (primary N) is 1. The lowest BCUT2D eigenvalue weighted by molar-refractivity contribution is 0.259. The summed E-state index contributed by atoms with van der Waals surface area (Å²) in [5.41, 5.74) is 7.51. The predicted molar refractivity (Wildman–Crippen MR) is 72.2 cm³/mol. The van der Waals surface area contributed by atoms with E-state index in [1.54, 1.807) is 12.1 Å². The third-order valence-corrected chi connectivity index (χ3v) is 4.57. The van der Waals surface area contributed by atoms with E-state index < -0.39 is 0 Å². The van der Waals surface area contributed by atoms with E-state index in [0.29, 0.717) is 17.7 Å². The summed E-state index contributed by atoms with van der Waals surface area (Å²) in [6, 6.07) is 7.97. The van der Waals surface area contributed by atoms with Crippen LogP contribution in [0.2, 0.25) is 0 Å². The van der Waals surface area contributed by atoms with Crippen LogP contribution in [0.15, 0.2) is 24.3 Å². The minimum absolute atomic E-state index is 0.343. The van der Waals surface area contributed by atoms with Gasteiger partial charge in [0.2, 0.25) is 0 Å². The van der Waals surface area contributed by atoms with Gasteiger partial charge in [0.05, 0.1) is 0 Å². The fourth-order valence-electron chi connectivity index (χ4n) is 3.60. The average molecular weight is 246 g/mol. The number of nitrogens with zero attached hydrogens (tertiary/aromatic N) is 1. The Hall–Kier alpha value is -1.06. The summed E-state index contributed by atoms with van der Waals surface area (Å²) >= 11 is 0. The molecule has 3 rings (SSSR count). The van der Waals surface area contributed by atoms with E-state index in [2.05, 4.69) is 4.90 Å². The summed E-state index contributed by atoms with van der Waals surface area (Å²) in [7, 11) is 0. The molecule has 2 aliphatic rings. The first-order chi connectivity index (χ1) is 8.72. The number of phenolic OH excluding ortho intramolecular Hbond substituents is 1. The number of likely N-dealkylation sites (tertiary alicyclic amines) is 1. The lowest BCUT2D eigenvalue weighted by Crippen LogP contribution is -2.38. The molecule has 1 aliphatic heterocycles. The molecule has 18 heavy (non-hydrogen) atoms. The second-order valence-electron chi connectivity index (χ2n) is 5.88. The Morgan fingerprint density at radius 2 is 1.94 bits per heavy atom. The van der Waals surface area contributed by atoms with Gasteiger partial charge in [-0.25, -0.2) is 0 Å². The van der Waals surface area contributed by atoms with Crippen LogP contribution in [-0.4, -0.2) is 29.1 Å². The standard InChI is InChI=1S/C15H22N2O/c16-15-3-1-2-12-9-17(10-14(12)15)8-11-4-6-13(18)7-5-11/h4-7,12,14-15,18H,1-3,8-10,16H2. The van der Waals surface area contributed by atoms with Crippen LogP contribution >= 0.6 is 0 Å². The number of aromatic hydroxyl groups is 1. The van der Waals surface area contributed by atoms with Gasteiger partial charge in [-0.15, -0.1) is 0 Å². The van der Waals surface area contributed by atoms with Crippen LogP contribution in [0.4, 0.5) is 0 Å². The van der Waals surface area contributed by atoms with Crippen LogP contribution in [0.5, 0.6) is 5.75 Å². The SMILES string of the molecule is NC1CCCC2CN(Cc3ccc(O)cc3)CC12. The third kappa shape index (κ3) is 2.38. The van der Waals surface area contributed by atoms with E-state index in [-0.39, 0.29) is 0 Å². The Bertz CT molecular complexity index is 403. The molecule has 0 spiro atoms. The smallest absolute Gasteiger partial charge is 0.115 e. The number of rotatable bonds is 2. The van der Waals surface area contributed by atoms with Gasteiger partial charge in [-0.05, 0) is 42.4 Å². The van der Waals surface area contributed by atoms with Gasteiger partial charge in [0, 0.05) is 25.7 Å². The fraction of sp³-hybridized carbons (Fsp3) is 0.600. The minimum atomic E-state index is 0.343. The topological polar surface area (TPSA) is 49.5 Å². The number of hydrogen-bond acceptors (Lipinski definition) is 3. The second kappa shape index (κ2) is 4.90. The molecule has 1 aromatic carbocycles. The second-order valence-corrected chi connectivity index (χ2v) is 5.88. The van der Waals surface area contributed by atoms with Crippen molar-refractivity contribution in [1.82, 2.24) is 4.90 Å². The highest BCUT2D eigenvalue weighted by Gasteiger charge is 2.38. The maximum absolute atomic E-state index is 9.29. The normalized spacial score (nSPS) is 32.4. The van der Waals surface area contributed by atoms with E-state index in [1.165, 1.54) is 31.4 Å². The maximum atomic E-state index is 9.29. The van der Waals surface area contributed by atoms with Crippen molar-refractivity contribution in [3.8, 4) is 5.75 Å². The van der Waals surface area contributed by atoms with Crippen molar-refractivity contribution >= 4 is 0 Å². The van der Waals surface area contributed by atoms with Gasteiger partial charge < -0.3 is 10.8 Å². The zero-order valence-electron chi connectivity index (χ0n) is 10.8. The van der Waals surface area contributed by atoms with E-state index >= 15 is 0 Å². The van der Waals surface area contributed by atoms with Crippen molar-refractivity contribution in [3.05, 3.63) is 29.8 Å². The molecule has 0 amide bonds. The molecule has 3 unspecified atom stereocenters. The molecule has 1 heterocycles.